The third-order valence-electron chi connectivity index (χ3n) is 4.18. The van der Waals surface area contributed by atoms with Crippen LogP contribution in [0.15, 0.2) is 53.4 Å². The zero-order chi connectivity index (χ0) is 16.2. The van der Waals surface area contributed by atoms with E-state index in [-0.39, 0.29) is 17.2 Å². The summed E-state index contributed by atoms with van der Waals surface area (Å²) in [5.74, 6) is 0.0895. The fourth-order valence-corrected chi connectivity index (χ4v) is 3.97. The minimum Gasteiger partial charge on any atom is -0.348 e. The van der Waals surface area contributed by atoms with Gasteiger partial charge >= 0.3 is 0 Å². The van der Waals surface area contributed by atoms with E-state index >= 15 is 0 Å². The molecule has 23 heavy (non-hydrogen) atoms. The number of rotatable bonds is 4. The van der Waals surface area contributed by atoms with Crippen LogP contribution >= 0.6 is 23.4 Å². The molecule has 0 heterocycles. The molecule has 0 bridgehead atoms. The van der Waals surface area contributed by atoms with Crippen LogP contribution in [-0.4, -0.2) is 11.2 Å². The molecule has 0 radical (unpaired) electrons. The van der Waals surface area contributed by atoms with Gasteiger partial charge in [-0.2, -0.15) is 0 Å². The van der Waals surface area contributed by atoms with E-state index in [1.54, 1.807) is 11.8 Å². The summed E-state index contributed by atoms with van der Waals surface area (Å²) in [5, 5.41) is 3.80. The monoisotopic (exact) mass is 345 g/mol. The number of amides is 1. The Kier molecular flexibility index (Phi) is 5.29. The highest BCUT2D eigenvalue weighted by atomic mass is 35.5. The van der Waals surface area contributed by atoms with Gasteiger partial charge in [0.2, 0.25) is 5.91 Å². The van der Waals surface area contributed by atoms with Gasteiger partial charge < -0.3 is 5.32 Å². The van der Waals surface area contributed by atoms with Crippen LogP contribution < -0.4 is 5.32 Å². The molecule has 0 saturated heterocycles. The summed E-state index contributed by atoms with van der Waals surface area (Å²) in [5.41, 5.74) is 2.64. The summed E-state index contributed by atoms with van der Waals surface area (Å²) in [6, 6.07) is 16.2. The number of thioether (sulfide) groups is 1. The summed E-state index contributed by atoms with van der Waals surface area (Å²) in [6.07, 6.45) is 3.25. The summed E-state index contributed by atoms with van der Waals surface area (Å²) < 4.78 is 0. The normalized spacial score (nSPS) is 18.1. The molecule has 2 aromatic rings. The van der Waals surface area contributed by atoms with E-state index < -0.39 is 0 Å². The first kappa shape index (κ1) is 16.4. The maximum absolute atomic E-state index is 12.5. The minimum atomic E-state index is -0.134. The van der Waals surface area contributed by atoms with Gasteiger partial charge in [-0.15, -0.1) is 11.8 Å². The van der Waals surface area contributed by atoms with Gasteiger partial charge in [0.15, 0.2) is 0 Å². The van der Waals surface area contributed by atoms with E-state index in [2.05, 4.69) is 29.6 Å². The third kappa shape index (κ3) is 4.10. The van der Waals surface area contributed by atoms with E-state index in [9.17, 15) is 4.79 Å². The lowest BCUT2D eigenvalue weighted by atomic mass is 9.88. The lowest BCUT2D eigenvalue weighted by molar-refractivity contribution is -0.121. The number of fused-ring (bicyclic) bond motifs is 1. The van der Waals surface area contributed by atoms with Crippen molar-refractivity contribution in [1.29, 1.82) is 0 Å². The molecule has 1 aliphatic carbocycles. The van der Waals surface area contributed by atoms with Crippen LogP contribution in [0.4, 0.5) is 0 Å². The molecule has 2 aromatic carbocycles. The van der Waals surface area contributed by atoms with E-state index in [1.807, 2.05) is 31.2 Å². The quantitative estimate of drug-likeness (QED) is 0.789. The SMILES string of the molecule is C[C@@H](Sc1ccc(Cl)cc1)C(=O)N[C@@H]1CCCc2ccccc21. The van der Waals surface area contributed by atoms with E-state index in [1.165, 1.54) is 11.1 Å². The van der Waals surface area contributed by atoms with Crippen LogP contribution in [0.1, 0.15) is 36.9 Å². The molecule has 0 aromatic heterocycles. The van der Waals surface area contributed by atoms with Crippen LogP contribution in [0.3, 0.4) is 0 Å². The Morgan fingerprint density at radius 2 is 1.96 bits per heavy atom. The molecular formula is C19H20ClNOS. The zero-order valence-electron chi connectivity index (χ0n) is 13.1. The van der Waals surface area contributed by atoms with Crippen molar-refractivity contribution in [2.75, 3.05) is 0 Å². The Balaban J connectivity index is 1.64. The average molecular weight is 346 g/mol. The van der Waals surface area contributed by atoms with E-state index in [0.717, 1.165) is 24.2 Å². The van der Waals surface area contributed by atoms with E-state index in [4.69, 9.17) is 11.6 Å². The zero-order valence-corrected chi connectivity index (χ0v) is 14.7. The highest BCUT2D eigenvalue weighted by Crippen LogP contribution is 2.30. The Bertz CT molecular complexity index is 686. The molecular weight excluding hydrogens is 326 g/mol. The van der Waals surface area contributed by atoms with Crippen LogP contribution in [-0.2, 0) is 11.2 Å². The summed E-state index contributed by atoms with van der Waals surface area (Å²) >= 11 is 7.46. The lowest BCUT2D eigenvalue weighted by Crippen LogP contribution is -2.35. The first-order valence-corrected chi connectivity index (χ1v) is 9.19. The molecule has 120 valence electrons. The van der Waals surface area contributed by atoms with Gasteiger partial charge in [0.25, 0.3) is 0 Å². The fourth-order valence-electron chi connectivity index (χ4n) is 2.96. The summed E-state index contributed by atoms with van der Waals surface area (Å²) in [7, 11) is 0. The molecule has 3 rings (SSSR count). The van der Waals surface area contributed by atoms with Gasteiger partial charge in [-0.3, -0.25) is 4.79 Å². The standard InChI is InChI=1S/C19H20ClNOS/c1-13(23-16-11-9-15(20)10-12-16)19(22)21-18-8-4-6-14-5-2-3-7-17(14)18/h2-3,5,7,9-13,18H,4,6,8H2,1H3,(H,21,22)/t13-,18-/m1/s1. The molecule has 0 aliphatic heterocycles. The van der Waals surface area contributed by atoms with Gasteiger partial charge in [0, 0.05) is 9.92 Å². The largest absolute Gasteiger partial charge is 0.348 e. The molecule has 0 spiro atoms. The first-order chi connectivity index (χ1) is 11.1. The second-order valence-corrected chi connectivity index (χ2v) is 7.72. The van der Waals surface area contributed by atoms with Crippen molar-refractivity contribution in [1.82, 2.24) is 5.32 Å². The predicted octanol–water partition coefficient (Wildman–Crippen LogP) is 5.01. The molecule has 0 unspecified atom stereocenters. The van der Waals surface area contributed by atoms with Gasteiger partial charge in [-0.25, -0.2) is 0 Å². The van der Waals surface area contributed by atoms with Crippen LogP contribution in [0.2, 0.25) is 5.02 Å². The van der Waals surface area contributed by atoms with Crippen molar-refractivity contribution < 1.29 is 4.79 Å². The minimum absolute atomic E-state index is 0.0895. The molecule has 1 N–H and O–H groups in total. The van der Waals surface area contributed by atoms with Gasteiger partial charge in [-0.05, 0) is 61.6 Å². The molecule has 1 aliphatic rings. The molecule has 0 saturated carbocycles. The molecule has 2 nitrogen and oxygen atoms in total. The molecule has 1 amide bonds. The maximum Gasteiger partial charge on any atom is 0.233 e. The first-order valence-electron chi connectivity index (χ1n) is 7.94. The van der Waals surface area contributed by atoms with Crippen molar-refractivity contribution >= 4 is 29.3 Å². The number of nitrogens with one attached hydrogen (secondary N) is 1. The highest BCUT2D eigenvalue weighted by Gasteiger charge is 2.23. The van der Waals surface area contributed by atoms with Crippen molar-refractivity contribution in [2.45, 2.75) is 42.4 Å². The van der Waals surface area contributed by atoms with Crippen molar-refractivity contribution in [3.8, 4) is 0 Å². The number of hydrogen-bond acceptors (Lipinski definition) is 2. The maximum atomic E-state index is 12.5. The van der Waals surface area contributed by atoms with E-state index in [0.29, 0.717) is 5.02 Å². The highest BCUT2D eigenvalue weighted by molar-refractivity contribution is 8.00. The Hall–Kier alpha value is -1.45. The smallest absolute Gasteiger partial charge is 0.233 e. The number of halogens is 1. The molecule has 2 atom stereocenters. The van der Waals surface area contributed by atoms with Gasteiger partial charge in [0.05, 0.1) is 11.3 Å². The number of carbonyl (C=O) groups excluding carboxylic acids is 1. The lowest BCUT2D eigenvalue weighted by Gasteiger charge is -2.27. The van der Waals surface area contributed by atoms with Crippen LogP contribution in [0, 0.1) is 0 Å². The number of benzene rings is 2. The van der Waals surface area contributed by atoms with Crippen molar-refractivity contribution in [3.05, 3.63) is 64.7 Å². The van der Waals surface area contributed by atoms with Crippen molar-refractivity contribution in [3.63, 3.8) is 0 Å². The summed E-state index contributed by atoms with van der Waals surface area (Å²) in [6.45, 7) is 1.95. The molecule has 0 fully saturated rings. The topological polar surface area (TPSA) is 29.1 Å². The fraction of sp³-hybridized carbons (Fsp3) is 0.316. The Labute approximate surface area is 146 Å². The second-order valence-electron chi connectivity index (χ2n) is 5.87. The Morgan fingerprint density at radius 3 is 2.74 bits per heavy atom. The second kappa shape index (κ2) is 7.41. The predicted molar refractivity (Wildman–Crippen MR) is 97.0 cm³/mol. The number of carbonyl (C=O) groups is 1. The Morgan fingerprint density at radius 1 is 1.22 bits per heavy atom. The van der Waals surface area contributed by atoms with Crippen LogP contribution in [0.5, 0.6) is 0 Å². The summed E-state index contributed by atoms with van der Waals surface area (Å²) in [4.78, 5) is 13.6. The number of aryl methyl sites for hydroxylation is 1. The molecule has 4 heteroatoms. The third-order valence-corrected chi connectivity index (χ3v) is 5.55. The average Bonchev–Trinajstić information content (AvgIpc) is 2.57. The van der Waals surface area contributed by atoms with Gasteiger partial charge in [0.1, 0.15) is 0 Å². The van der Waals surface area contributed by atoms with Crippen molar-refractivity contribution in [2.24, 2.45) is 0 Å². The van der Waals surface area contributed by atoms with Crippen LogP contribution in [0.25, 0.3) is 0 Å². The number of hydrogen-bond donors (Lipinski definition) is 1. The van der Waals surface area contributed by atoms with Gasteiger partial charge in [-0.1, -0.05) is 35.9 Å².